The van der Waals surface area contributed by atoms with E-state index < -0.39 is 12.6 Å². The van der Waals surface area contributed by atoms with E-state index >= 15 is 0 Å². The van der Waals surface area contributed by atoms with Crippen molar-refractivity contribution in [3.63, 3.8) is 0 Å². The molecular weight excluding hydrogens is 207 g/mol. The van der Waals surface area contributed by atoms with Gasteiger partial charge in [0.1, 0.15) is 0 Å². The molecule has 0 amide bonds. The molecule has 2 atom stereocenters. The summed E-state index contributed by atoms with van der Waals surface area (Å²) in [5, 5.41) is 12.5. The highest BCUT2D eigenvalue weighted by atomic mass is 19.4. The standard InChI is InChI=1S/C10H18F3NO/c11-10(12,13)6-1-2-7-14-8-4-3-5-9(8)15/h8-9,14-15H,1-7H2. The van der Waals surface area contributed by atoms with Gasteiger partial charge >= 0.3 is 6.18 Å². The first kappa shape index (κ1) is 12.8. The van der Waals surface area contributed by atoms with Gasteiger partial charge in [0, 0.05) is 12.5 Å². The van der Waals surface area contributed by atoms with Crippen molar-refractivity contribution in [2.45, 2.75) is 56.8 Å². The quantitative estimate of drug-likeness (QED) is 0.703. The van der Waals surface area contributed by atoms with Gasteiger partial charge in [-0.2, -0.15) is 13.2 Å². The normalized spacial score (nSPS) is 27.2. The van der Waals surface area contributed by atoms with Crippen LogP contribution in [0.2, 0.25) is 0 Å². The maximum absolute atomic E-state index is 11.8. The third-order valence-corrected chi connectivity index (χ3v) is 2.77. The zero-order valence-corrected chi connectivity index (χ0v) is 8.69. The molecule has 0 radical (unpaired) electrons. The number of alkyl halides is 3. The third kappa shape index (κ3) is 5.37. The Hall–Kier alpha value is -0.290. The molecule has 15 heavy (non-hydrogen) atoms. The van der Waals surface area contributed by atoms with E-state index in [-0.39, 0.29) is 18.6 Å². The predicted molar refractivity (Wildman–Crippen MR) is 51.6 cm³/mol. The van der Waals surface area contributed by atoms with Gasteiger partial charge in [0.25, 0.3) is 0 Å². The Balaban J connectivity index is 1.97. The highest BCUT2D eigenvalue weighted by Gasteiger charge is 2.26. The first-order valence-corrected chi connectivity index (χ1v) is 5.47. The van der Waals surface area contributed by atoms with E-state index in [4.69, 9.17) is 0 Å². The molecule has 0 aliphatic heterocycles. The fourth-order valence-corrected chi connectivity index (χ4v) is 1.92. The lowest BCUT2D eigenvalue weighted by Crippen LogP contribution is -2.36. The summed E-state index contributed by atoms with van der Waals surface area (Å²) in [5.74, 6) is 0. The summed E-state index contributed by atoms with van der Waals surface area (Å²) >= 11 is 0. The van der Waals surface area contributed by atoms with Crippen molar-refractivity contribution < 1.29 is 18.3 Å². The molecule has 0 aromatic carbocycles. The molecule has 0 saturated heterocycles. The van der Waals surface area contributed by atoms with Crippen LogP contribution in [0.3, 0.4) is 0 Å². The average Bonchev–Trinajstić information content (AvgIpc) is 2.49. The number of hydrogen-bond donors (Lipinski definition) is 2. The van der Waals surface area contributed by atoms with E-state index in [9.17, 15) is 18.3 Å². The van der Waals surface area contributed by atoms with Gasteiger partial charge in [-0.05, 0) is 38.6 Å². The van der Waals surface area contributed by atoms with Gasteiger partial charge in [-0.3, -0.25) is 0 Å². The molecule has 2 nitrogen and oxygen atoms in total. The summed E-state index contributed by atoms with van der Waals surface area (Å²) in [7, 11) is 0. The predicted octanol–water partition coefficient (Wildman–Crippen LogP) is 2.22. The monoisotopic (exact) mass is 225 g/mol. The Morgan fingerprint density at radius 2 is 1.93 bits per heavy atom. The van der Waals surface area contributed by atoms with Gasteiger partial charge in [0.15, 0.2) is 0 Å². The molecule has 90 valence electrons. The first-order chi connectivity index (χ1) is 6.99. The summed E-state index contributed by atoms with van der Waals surface area (Å²) in [4.78, 5) is 0. The Labute approximate surface area is 87.9 Å². The molecular formula is C10H18F3NO. The molecule has 1 aliphatic carbocycles. The molecule has 0 spiro atoms. The molecule has 1 rings (SSSR count). The Morgan fingerprint density at radius 1 is 1.20 bits per heavy atom. The number of rotatable bonds is 5. The van der Waals surface area contributed by atoms with Gasteiger partial charge in [-0.25, -0.2) is 0 Å². The van der Waals surface area contributed by atoms with Crippen LogP contribution in [-0.2, 0) is 0 Å². The second kappa shape index (κ2) is 5.70. The highest BCUT2D eigenvalue weighted by molar-refractivity contribution is 4.82. The lowest BCUT2D eigenvalue weighted by Gasteiger charge is -2.16. The first-order valence-electron chi connectivity index (χ1n) is 5.47. The number of nitrogens with one attached hydrogen (secondary N) is 1. The molecule has 2 N–H and O–H groups in total. The van der Waals surface area contributed by atoms with Gasteiger partial charge in [-0.1, -0.05) is 0 Å². The van der Waals surface area contributed by atoms with Crippen molar-refractivity contribution in [2.75, 3.05) is 6.54 Å². The molecule has 5 heteroatoms. The largest absolute Gasteiger partial charge is 0.392 e. The number of aliphatic hydroxyl groups excluding tert-OH is 1. The summed E-state index contributed by atoms with van der Waals surface area (Å²) in [5.41, 5.74) is 0. The van der Waals surface area contributed by atoms with Crippen LogP contribution in [-0.4, -0.2) is 30.0 Å². The lowest BCUT2D eigenvalue weighted by molar-refractivity contribution is -0.135. The van der Waals surface area contributed by atoms with Crippen LogP contribution in [0.25, 0.3) is 0 Å². The zero-order valence-electron chi connectivity index (χ0n) is 8.69. The minimum Gasteiger partial charge on any atom is -0.392 e. The second-order valence-electron chi connectivity index (χ2n) is 4.13. The molecule has 0 bridgehead atoms. The van der Waals surface area contributed by atoms with Gasteiger partial charge in [-0.15, -0.1) is 0 Å². The van der Waals surface area contributed by atoms with Crippen LogP contribution < -0.4 is 5.32 Å². The molecule has 1 saturated carbocycles. The van der Waals surface area contributed by atoms with Crippen LogP contribution in [0, 0.1) is 0 Å². The summed E-state index contributed by atoms with van der Waals surface area (Å²) in [6, 6.07) is 0.0934. The van der Waals surface area contributed by atoms with E-state index in [2.05, 4.69) is 5.32 Å². The molecule has 0 aromatic heterocycles. The fraction of sp³-hybridized carbons (Fsp3) is 1.00. The van der Waals surface area contributed by atoms with E-state index in [1.807, 2.05) is 0 Å². The topological polar surface area (TPSA) is 32.3 Å². The summed E-state index contributed by atoms with van der Waals surface area (Å²) in [6.45, 7) is 0.567. The molecule has 0 aromatic rings. The van der Waals surface area contributed by atoms with Crippen molar-refractivity contribution >= 4 is 0 Å². The highest BCUT2D eigenvalue weighted by Crippen LogP contribution is 2.22. The fourth-order valence-electron chi connectivity index (χ4n) is 1.92. The zero-order chi connectivity index (χ0) is 11.3. The molecule has 1 fully saturated rings. The number of halogens is 3. The van der Waals surface area contributed by atoms with Crippen molar-refractivity contribution in [1.82, 2.24) is 5.32 Å². The minimum atomic E-state index is -4.03. The van der Waals surface area contributed by atoms with Crippen molar-refractivity contribution in [3.05, 3.63) is 0 Å². The van der Waals surface area contributed by atoms with Crippen molar-refractivity contribution in [2.24, 2.45) is 0 Å². The van der Waals surface area contributed by atoms with E-state index in [0.29, 0.717) is 13.0 Å². The third-order valence-electron chi connectivity index (χ3n) is 2.77. The summed E-state index contributed by atoms with van der Waals surface area (Å²) in [6.07, 6.45) is -1.63. The number of hydrogen-bond acceptors (Lipinski definition) is 2. The Kier molecular flexibility index (Phi) is 4.86. The lowest BCUT2D eigenvalue weighted by atomic mass is 10.2. The number of unbranched alkanes of at least 4 members (excludes halogenated alkanes) is 1. The van der Waals surface area contributed by atoms with Gasteiger partial charge < -0.3 is 10.4 Å². The van der Waals surface area contributed by atoms with E-state index in [0.717, 1.165) is 19.3 Å². The Morgan fingerprint density at radius 3 is 2.47 bits per heavy atom. The van der Waals surface area contributed by atoms with Gasteiger partial charge in [0.2, 0.25) is 0 Å². The van der Waals surface area contributed by atoms with Crippen LogP contribution in [0.15, 0.2) is 0 Å². The maximum atomic E-state index is 11.8. The average molecular weight is 225 g/mol. The van der Waals surface area contributed by atoms with Gasteiger partial charge in [0.05, 0.1) is 6.10 Å². The van der Waals surface area contributed by atoms with Crippen LogP contribution in [0.1, 0.15) is 38.5 Å². The number of aliphatic hydroxyl groups is 1. The van der Waals surface area contributed by atoms with E-state index in [1.165, 1.54) is 0 Å². The Bertz CT molecular complexity index is 184. The molecule has 0 heterocycles. The minimum absolute atomic E-state index is 0.0934. The molecule has 1 aliphatic rings. The van der Waals surface area contributed by atoms with Crippen molar-refractivity contribution in [1.29, 1.82) is 0 Å². The van der Waals surface area contributed by atoms with E-state index in [1.54, 1.807) is 0 Å². The van der Waals surface area contributed by atoms with Crippen LogP contribution in [0.4, 0.5) is 13.2 Å². The van der Waals surface area contributed by atoms with Crippen molar-refractivity contribution in [3.8, 4) is 0 Å². The van der Waals surface area contributed by atoms with Crippen LogP contribution >= 0.6 is 0 Å². The summed E-state index contributed by atoms with van der Waals surface area (Å²) < 4.78 is 35.4. The maximum Gasteiger partial charge on any atom is 0.389 e. The second-order valence-corrected chi connectivity index (χ2v) is 4.13. The molecule has 2 unspecified atom stereocenters. The SMILES string of the molecule is OC1CCCC1NCCCCC(F)(F)F. The van der Waals surface area contributed by atoms with Crippen LogP contribution in [0.5, 0.6) is 0 Å². The smallest absolute Gasteiger partial charge is 0.389 e.